The van der Waals surface area contributed by atoms with Crippen LogP contribution in [0, 0.1) is 0 Å². The van der Waals surface area contributed by atoms with E-state index in [9.17, 15) is 0 Å². The van der Waals surface area contributed by atoms with E-state index < -0.39 is 8.24 Å². The van der Waals surface area contributed by atoms with E-state index in [2.05, 4.69) is 126 Å². The van der Waals surface area contributed by atoms with Crippen molar-refractivity contribution < 1.29 is 0 Å². The normalized spacial score (nSPS) is 19.0. The Morgan fingerprint density at radius 3 is 2.33 bits per heavy atom. The van der Waals surface area contributed by atoms with Crippen molar-refractivity contribution in [1.82, 2.24) is 9.55 Å². The molecule has 0 aliphatic heterocycles. The molecular weight excluding hydrogens is 339 g/mol. The summed E-state index contributed by atoms with van der Waals surface area (Å²) in [7, 11) is -1.79. The van der Waals surface area contributed by atoms with Crippen LogP contribution in [0.4, 0.5) is 0 Å². The SMILES string of the molecule is [Li][C]1([Si](C)(C)NCCc2ccccc2)C=C(n2cccc2)c2ccccc21. The average molecular weight is 364 g/mol. The van der Waals surface area contributed by atoms with Crippen molar-refractivity contribution in [2.24, 2.45) is 0 Å². The molecule has 0 saturated heterocycles. The number of allylic oxidation sites excluding steroid dienone is 1. The quantitative estimate of drug-likeness (QED) is 0.644. The molecule has 2 nitrogen and oxygen atoms in total. The third-order valence-corrected chi connectivity index (χ3v) is 10.3. The van der Waals surface area contributed by atoms with E-state index in [0.717, 1.165) is 13.0 Å². The fraction of sp³-hybridized carbons (Fsp3) is 0.217. The Balaban J connectivity index is 1.62. The maximum atomic E-state index is 3.98. The van der Waals surface area contributed by atoms with Gasteiger partial charge in [0.1, 0.15) is 0 Å². The topological polar surface area (TPSA) is 17.0 Å². The molecule has 4 heteroatoms. The molecule has 1 N–H and O–H groups in total. The first-order valence-corrected chi connectivity index (χ1v) is 12.8. The van der Waals surface area contributed by atoms with Gasteiger partial charge in [-0.1, -0.05) is 0 Å². The number of rotatable bonds is 6. The van der Waals surface area contributed by atoms with E-state index in [-0.39, 0.29) is 3.71 Å². The Morgan fingerprint density at radius 2 is 1.59 bits per heavy atom. The van der Waals surface area contributed by atoms with E-state index in [1.165, 1.54) is 22.4 Å². The predicted molar refractivity (Wildman–Crippen MR) is 117 cm³/mol. The van der Waals surface area contributed by atoms with Crippen LogP contribution in [0.3, 0.4) is 0 Å². The number of hydrogen-bond acceptors (Lipinski definition) is 1. The van der Waals surface area contributed by atoms with E-state index in [0.29, 0.717) is 0 Å². The minimum atomic E-state index is -1.79. The molecule has 0 saturated carbocycles. The van der Waals surface area contributed by atoms with Gasteiger partial charge in [0.15, 0.2) is 0 Å². The second-order valence-corrected chi connectivity index (χ2v) is 12.8. The summed E-state index contributed by atoms with van der Waals surface area (Å²) in [4.78, 5) is 3.98. The van der Waals surface area contributed by atoms with Crippen molar-refractivity contribution in [2.75, 3.05) is 6.54 Å². The summed E-state index contributed by atoms with van der Waals surface area (Å²) in [5.41, 5.74) is 5.53. The van der Waals surface area contributed by atoms with Gasteiger partial charge in [-0.2, -0.15) is 0 Å². The Labute approximate surface area is 172 Å². The summed E-state index contributed by atoms with van der Waals surface area (Å²) in [6.45, 7) is 5.95. The van der Waals surface area contributed by atoms with Crippen LogP contribution in [-0.2, 0) is 10.1 Å². The molecule has 132 valence electrons. The van der Waals surface area contributed by atoms with Gasteiger partial charge in [-0.3, -0.25) is 0 Å². The monoisotopic (exact) mass is 364 g/mol. The van der Waals surface area contributed by atoms with Crippen LogP contribution >= 0.6 is 0 Å². The first kappa shape index (κ1) is 18.6. The summed E-state index contributed by atoms with van der Waals surface area (Å²) >= 11 is 2.42. The Kier molecular flexibility index (Phi) is 5.05. The summed E-state index contributed by atoms with van der Waals surface area (Å²) in [6.07, 6.45) is 7.86. The number of hydrogen-bond donors (Lipinski definition) is 1. The summed E-state index contributed by atoms with van der Waals surface area (Å²) in [5.74, 6) is 0. The van der Waals surface area contributed by atoms with Crippen LogP contribution in [0.25, 0.3) is 5.70 Å². The molecule has 1 heterocycles. The van der Waals surface area contributed by atoms with Gasteiger partial charge in [-0.15, -0.1) is 0 Å². The van der Waals surface area contributed by atoms with E-state index in [4.69, 9.17) is 0 Å². The molecule has 0 spiro atoms. The van der Waals surface area contributed by atoms with E-state index in [1.807, 2.05) is 0 Å². The van der Waals surface area contributed by atoms with Gasteiger partial charge in [-0.25, -0.2) is 0 Å². The molecule has 2 aromatic carbocycles. The zero-order chi connectivity index (χ0) is 18.9. The number of nitrogens with one attached hydrogen (secondary N) is 1. The number of benzene rings is 2. The third-order valence-electron chi connectivity index (χ3n) is 6.19. The molecule has 0 radical (unpaired) electrons. The van der Waals surface area contributed by atoms with Crippen molar-refractivity contribution in [3.05, 3.63) is 102 Å². The van der Waals surface area contributed by atoms with E-state index in [1.54, 1.807) is 0 Å². The molecule has 0 bridgehead atoms. The van der Waals surface area contributed by atoms with Gasteiger partial charge in [0.05, 0.1) is 0 Å². The van der Waals surface area contributed by atoms with Gasteiger partial charge >= 0.3 is 173 Å². The predicted octanol–water partition coefficient (Wildman–Crippen LogP) is 4.33. The molecule has 1 atom stereocenters. The molecular formula is C23H25LiN2Si. The summed E-state index contributed by atoms with van der Waals surface area (Å²) in [6, 6.07) is 23.9. The Hall–Kier alpha value is -1.77. The minimum absolute atomic E-state index is 0.0554. The first-order chi connectivity index (χ1) is 13.0. The molecule has 4 rings (SSSR count). The zero-order valence-corrected chi connectivity index (χ0v) is 17.4. The van der Waals surface area contributed by atoms with Crippen LogP contribution in [0.2, 0.25) is 13.1 Å². The van der Waals surface area contributed by atoms with Crippen LogP contribution in [-0.4, -0.2) is 37.1 Å². The van der Waals surface area contributed by atoms with E-state index >= 15 is 0 Å². The Bertz CT molecular complexity index is 948. The summed E-state index contributed by atoms with van der Waals surface area (Å²) < 4.78 is 2.30. The number of nitrogens with zero attached hydrogens (tertiary/aromatic N) is 1. The van der Waals surface area contributed by atoms with Gasteiger partial charge in [0, 0.05) is 0 Å². The summed E-state index contributed by atoms with van der Waals surface area (Å²) in [5, 5.41) is 0. The molecule has 1 aliphatic carbocycles. The molecule has 1 aliphatic rings. The maximum absolute atomic E-state index is 3.98. The van der Waals surface area contributed by atoms with Crippen LogP contribution in [0.5, 0.6) is 0 Å². The standard InChI is InChI=1S/C23H25N2Si.Li/c1-26(2,24-15-14-19-10-4-3-5-11-19)23-18-22(25-16-8-9-17-25)20-12-6-7-13-21(20)23;/h3-13,16-18,24H,14-15H2,1-2H3;. The second-order valence-electron chi connectivity index (χ2n) is 8.16. The zero-order valence-electron chi connectivity index (χ0n) is 16.4. The van der Waals surface area contributed by atoms with Crippen molar-refractivity contribution in [3.63, 3.8) is 0 Å². The molecule has 0 amide bonds. The average Bonchev–Trinajstić information content (AvgIpc) is 3.30. The fourth-order valence-electron chi connectivity index (χ4n) is 4.16. The molecule has 1 unspecified atom stereocenters. The molecule has 1 aromatic heterocycles. The second kappa shape index (κ2) is 7.33. The third kappa shape index (κ3) is 3.41. The number of aromatic nitrogens is 1. The van der Waals surface area contributed by atoms with Crippen LogP contribution < -0.4 is 4.98 Å². The molecule has 27 heavy (non-hydrogen) atoms. The van der Waals surface area contributed by atoms with Gasteiger partial charge in [0.2, 0.25) is 0 Å². The van der Waals surface area contributed by atoms with Crippen LogP contribution in [0.1, 0.15) is 16.7 Å². The number of fused-ring (bicyclic) bond motifs is 1. The fourth-order valence-corrected chi connectivity index (χ4v) is 6.67. The first-order valence-electron chi connectivity index (χ1n) is 9.76. The molecule has 3 aromatic rings. The molecule has 0 fully saturated rings. The van der Waals surface area contributed by atoms with Crippen molar-refractivity contribution in [1.29, 1.82) is 0 Å². The Morgan fingerprint density at radius 1 is 0.926 bits per heavy atom. The van der Waals surface area contributed by atoms with Gasteiger partial charge in [0.25, 0.3) is 0 Å². The van der Waals surface area contributed by atoms with Crippen molar-refractivity contribution >= 4 is 31.6 Å². The van der Waals surface area contributed by atoms with Gasteiger partial charge < -0.3 is 0 Å². The van der Waals surface area contributed by atoms with Gasteiger partial charge in [-0.05, 0) is 0 Å². The van der Waals surface area contributed by atoms with Crippen molar-refractivity contribution in [3.8, 4) is 0 Å². The van der Waals surface area contributed by atoms with Crippen molar-refractivity contribution in [2.45, 2.75) is 23.2 Å². The van der Waals surface area contributed by atoms with Crippen LogP contribution in [0.15, 0.2) is 85.2 Å².